The van der Waals surface area contributed by atoms with Crippen LogP contribution in [0.15, 0.2) is 41.3 Å². The van der Waals surface area contributed by atoms with Crippen LogP contribution in [0.2, 0.25) is 9.36 Å². The smallest absolute Gasteiger partial charge is 0.0931 e. The summed E-state index contributed by atoms with van der Waals surface area (Å²) in [5.74, 6) is 0.846. The highest BCUT2D eigenvalue weighted by Gasteiger charge is 2.08. The van der Waals surface area contributed by atoms with Gasteiger partial charge in [-0.25, -0.2) is 0 Å². The van der Waals surface area contributed by atoms with Crippen molar-refractivity contribution in [2.45, 2.75) is 17.4 Å². The maximum Gasteiger partial charge on any atom is 0.0931 e. The van der Waals surface area contributed by atoms with Gasteiger partial charge < -0.3 is 5.73 Å². The van der Waals surface area contributed by atoms with Crippen LogP contribution in [-0.4, -0.2) is 11.8 Å². The van der Waals surface area contributed by atoms with Crippen molar-refractivity contribution in [3.63, 3.8) is 0 Å². The molecule has 0 bridgehead atoms. The van der Waals surface area contributed by atoms with Crippen molar-refractivity contribution in [2.75, 3.05) is 5.75 Å². The lowest BCUT2D eigenvalue weighted by molar-refractivity contribution is 0.757. The molecule has 0 saturated heterocycles. The number of rotatable bonds is 5. The van der Waals surface area contributed by atoms with E-state index in [1.165, 1.54) is 4.88 Å². The summed E-state index contributed by atoms with van der Waals surface area (Å²) in [6.07, 6.45) is 0.856. The number of halogens is 2. The van der Waals surface area contributed by atoms with Crippen LogP contribution in [0, 0.1) is 0 Å². The topological polar surface area (TPSA) is 26.0 Å². The molecule has 0 saturated carbocycles. The molecule has 1 aromatic carbocycles. The Labute approximate surface area is 125 Å². The highest BCUT2D eigenvalue weighted by molar-refractivity contribution is 7.99. The highest BCUT2D eigenvalue weighted by Crippen LogP contribution is 2.28. The van der Waals surface area contributed by atoms with E-state index in [9.17, 15) is 0 Å². The minimum Gasteiger partial charge on any atom is -0.327 e. The molecule has 18 heavy (non-hydrogen) atoms. The summed E-state index contributed by atoms with van der Waals surface area (Å²) >= 11 is 15.3. The Kier molecular flexibility index (Phi) is 5.39. The molecular weight excluding hydrogens is 305 g/mol. The molecule has 0 aliphatic rings. The maximum atomic E-state index is 6.11. The number of thiophene rings is 1. The first-order chi connectivity index (χ1) is 8.65. The zero-order valence-corrected chi connectivity index (χ0v) is 12.8. The second-order valence-electron chi connectivity index (χ2n) is 3.91. The van der Waals surface area contributed by atoms with Gasteiger partial charge in [-0.1, -0.05) is 35.3 Å². The summed E-state index contributed by atoms with van der Waals surface area (Å²) in [5, 5.41) is 0.786. The summed E-state index contributed by atoms with van der Waals surface area (Å²) in [4.78, 5) is 2.31. The van der Waals surface area contributed by atoms with E-state index in [0.29, 0.717) is 0 Å². The molecule has 1 heterocycles. The van der Waals surface area contributed by atoms with E-state index in [0.717, 1.165) is 26.4 Å². The summed E-state index contributed by atoms with van der Waals surface area (Å²) < 4.78 is 0.816. The third-order valence-electron chi connectivity index (χ3n) is 2.38. The molecule has 96 valence electrons. The predicted molar refractivity (Wildman–Crippen MR) is 83.2 cm³/mol. The molecule has 0 fully saturated rings. The van der Waals surface area contributed by atoms with Crippen LogP contribution in [0.4, 0.5) is 0 Å². The van der Waals surface area contributed by atoms with Crippen molar-refractivity contribution in [3.05, 3.63) is 50.6 Å². The van der Waals surface area contributed by atoms with Gasteiger partial charge in [0.15, 0.2) is 0 Å². The number of hydrogen-bond acceptors (Lipinski definition) is 3. The Morgan fingerprint density at radius 1 is 1.17 bits per heavy atom. The largest absolute Gasteiger partial charge is 0.327 e. The van der Waals surface area contributed by atoms with Crippen molar-refractivity contribution >= 4 is 46.3 Å². The van der Waals surface area contributed by atoms with Crippen molar-refractivity contribution in [1.29, 1.82) is 0 Å². The van der Waals surface area contributed by atoms with E-state index in [1.54, 1.807) is 23.1 Å². The van der Waals surface area contributed by atoms with E-state index in [-0.39, 0.29) is 6.04 Å². The minimum absolute atomic E-state index is 0.112. The second kappa shape index (κ2) is 6.83. The normalized spacial score (nSPS) is 12.6. The van der Waals surface area contributed by atoms with Crippen molar-refractivity contribution in [2.24, 2.45) is 5.73 Å². The SMILES string of the molecule is NC(CSc1ccccc1Cl)Cc1ccc(Cl)s1. The van der Waals surface area contributed by atoms with Crippen LogP contribution in [0.3, 0.4) is 0 Å². The summed E-state index contributed by atoms with van der Waals surface area (Å²) in [6, 6.07) is 11.9. The van der Waals surface area contributed by atoms with Crippen LogP contribution in [0.5, 0.6) is 0 Å². The van der Waals surface area contributed by atoms with Gasteiger partial charge in [0.2, 0.25) is 0 Å². The Bertz CT molecular complexity index is 513. The van der Waals surface area contributed by atoms with Gasteiger partial charge >= 0.3 is 0 Å². The van der Waals surface area contributed by atoms with Gasteiger partial charge in [0.1, 0.15) is 0 Å². The predicted octanol–water partition coefficient (Wildman–Crippen LogP) is 4.72. The van der Waals surface area contributed by atoms with Crippen LogP contribution in [0.1, 0.15) is 4.88 Å². The average Bonchev–Trinajstić information content (AvgIpc) is 2.74. The molecule has 0 aliphatic heterocycles. The molecule has 1 atom stereocenters. The summed E-state index contributed by atoms with van der Waals surface area (Å²) in [6.45, 7) is 0. The van der Waals surface area contributed by atoms with Gasteiger partial charge in [0, 0.05) is 21.6 Å². The lowest BCUT2D eigenvalue weighted by Gasteiger charge is -2.10. The molecule has 5 heteroatoms. The zero-order chi connectivity index (χ0) is 13.0. The average molecular weight is 318 g/mol. The van der Waals surface area contributed by atoms with Crippen molar-refractivity contribution in [1.82, 2.24) is 0 Å². The Balaban J connectivity index is 1.85. The maximum absolute atomic E-state index is 6.11. The minimum atomic E-state index is 0.112. The molecule has 0 radical (unpaired) electrons. The number of thioether (sulfide) groups is 1. The first-order valence-corrected chi connectivity index (χ1v) is 8.08. The van der Waals surface area contributed by atoms with Crippen molar-refractivity contribution in [3.8, 4) is 0 Å². The third kappa shape index (κ3) is 4.18. The second-order valence-corrected chi connectivity index (χ2v) is 7.18. The Morgan fingerprint density at radius 2 is 1.94 bits per heavy atom. The van der Waals surface area contributed by atoms with E-state index in [4.69, 9.17) is 28.9 Å². The van der Waals surface area contributed by atoms with Crippen LogP contribution >= 0.6 is 46.3 Å². The highest BCUT2D eigenvalue weighted by atomic mass is 35.5. The van der Waals surface area contributed by atoms with Gasteiger partial charge in [0.05, 0.1) is 9.36 Å². The first kappa shape index (κ1) is 14.2. The Morgan fingerprint density at radius 3 is 2.61 bits per heavy atom. The van der Waals surface area contributed by atoms with Gasteiger partial charge in [-0.15, -0.1) is 23.1 Å². The van der Waals surface area contributed by atoms with E-state index >= 15 is 0 Å². The Hall–Kier alpha value is -0.190. The van der Waals surface area contributed by atoms with Gasteiger partial charge in [0.25, 0.3) is 0 Å². The summed E-state index contributed by atoms with van der Waals surface area (Å²) in [5.41, 5.74) is 6.11. The van der Waals surface area contributed by atoms with Gasteiger partial charge in [-0.05, 0) is 30.7 Å². The number of nitrogens with two attached hydrogens (primary N) is 1. The van der Waals surface area contributed by atoms with Crippen LogP contribution in [0.25, 0.3) is 0 Å². The quantitative estimate of drug-likeness (QED) is 0.808. The fourth-order valence-corrected chi connectivity index (χ4v) is 3.91. The molecule has 2 aromatic rings. The molecule has 0 spiro atoms. The lowest BCUT2D eigenvalue weighted by Crippen LogP contribution is -2.25. The molecule has 1 unspecified atom stereocenters. The summed E-state index contributed by atoms with van der Waals surface area (Å²) in [7, 11) is 0. The number of benzene rings is 1. The van der Waals surface area contributed by atoms with Crippen LogP contribution < -0.4 is 5.73 Å². The van der Waals surface area contributed by atoms with Crippen LogP contribution in [-0.2, 0) is 6.42 Å². The monoisotopic (exact) mass is 317 g/mol. The molecule has 0 amide bonds. The van der Waals surface area contributed by atoms with E-state index in [1.807, 2.05) is 36.4 Å². The molecule has 2 N–H and O–H groups in total. The molecule has 2 rings (SSSR count). The number of hydrogen-bond donors (Lipinski definition) is 1. The molecule has 1 aromatic heterocycles. The lowest BCUT2D eigenvalue weighted by atomic mass is 10.2. The van der Waals surface area contributed by atoms with E-state index < -0.39 is 0 Å². The first-order valence-electron chi connectivity index (χ1n) is 5.52. The fraction of sp³-hybridized carbons (Fsp3) is 0.231. The van der Waals surface area contributed by atoms with Gasteiger partial charge in [-0.3, -0.25) is 0 Å². The van der Waals surface area contributed by atoms with Crippen molar-refractivity contribution < 1.29 is 0 Å². The third-order valence-corrected chi connectivity index (χ3v) is 5.34. The standard InChI is InChI=1S/C13H13Cl2NS2/c14-11-3-1-2-4-12(11)17-8-9(16)7-10-5-6-13(15)18-10/h1-6,9H,7-8,16H2. The van der Waals surface area contributed by atoms with Gasteiger partial charge in [-0.2, -0.15) is 0 Å². The molecule has 0 aliphatic carbocycles. The fourth-order valence-electron chi connectivity index (χ4n) is 1.54. The zero-order valence-electron chi connectivity index (χ0n) is 9.61. The van der Waals surface area contributed by atoms with E-state index in [2.05, 4.69) is 0 Å². The molecule has 1 nitrogen and oxygen atoms in total. The molecular formula is C13H13Cl2NS2.